The Balaban J connectivity index is 1.60. The van der Waals surface area contributed by atoms with Gasteiger partial charge in [-0.05, 0) is 36.8 Å². The Hall–Kier alpha value is -3.60. The molecule has 3 heterocycles. The van der Waals surface area contributed by atoms with E-state index in [1.165, 1.54) is 0 Å². The van der Waals surface area contributed by atoms with Crippen molar-refractivity contribution < 1.29 is 4.79 Å². The van der Waals surface area contributed by atoms with Crippen molar-refractivity contribution in [2.45, 2.75) is 19.3 Å². The van der Waals surface area contributed by atoms with Gasteiger partial charge in [-0.3, -0.25) is 4.79 Å². The van der Waals surface area contributed by atoms with E-state index in [2.05, 4.69) is 40.7 Å². The molecule has 3 N–H and O–H groups in total. The first-order valence-electron chi connectivity index (χ1n) is 9.96. The van der Waals surface area contributed by atoms with Crippen molar-refractivity contribution in [3.63, 3.8) is 0 Å². The van der Waals surface area contributed by atoms with Gasteiger partial charge in [0.1, 0.15) is 5.82 Å². The van der Waals surface area contributed by atoms with Crippen LogP contribution in [0.25, 0.3) is 22.2 Å². The third-order valence-corrected chi connectivity index (χ3v) is 5.56. The molecule has 0 aliphatic carbocycles. The Labute approximate surface area is 169 Å². The second-order valence-electron chi connectivity index (χ2n) is 7.39. The van der Waals surface area contributed by atoms with Crippen LogP contribution in [0, 0.1) is 0 Å². The van der Waals surface area contributed by atoms with E-state index in [9.17, 15) is 4.79 Å². The SMILES string of the molecule is CC[C@@H]1CNC(=O)c2cc(-c3cccc4ccc(Nc5ccccc5)nc34)[nH]c21. The van der Waals surface area contributed by atoms with Gasteiger partial charge in [-0.15, -0.1) is 0 Å². The lowest BCUT2D eigenvalue weighted by molar-refractivity contribution is 0.0939. The standard InChI is InChI=1S/C24H22N4O/c1-2-15-14-25-24(29)19-13-20(27-22(15)19)18-10-6-7-16-11-12-21(28-23(16)18)26-17-8-4-3-5-9-17/h3-13,15,27H,2,14H2,1H3,(H,25,29)(H,26,28)/t15-/m1/s1. The second-order valence-corrected chi connectivity index (χ2v) is 7.39. The molecule has 2 aromatic carbocycles. The van der Waals surface area contributed by atoms with Gasteiger partial charge in [0.2, 0.25) is 0 Å². The molecule has 1 aliphatic heterocycles. The second kappa shape index (κ2) is 7.09. The van der Waals surface area contributed by atoms with Crippen LogP contribution in [-0.4, -0.2) is 22.4 Å². The first-order valence-corrected chi connectivity index (χ1v) is 9.96. The van der Waals surface area contributed by atoms with Crippen LogP contribution in [0.1, 0.15) is 35.3 Å². The summed E-state index contributed by atoms with van der Waals surface area (Å²) in [6.07, 6.45) is 0.978. The van der Waals surface area contributed by atoms with Gasteiger partial charge < -0.3 is 15.6 Å². The maximum absolute atomic E-state index is 12.4. The van der Waals surface area contributed by atoms with E-state index in [4.69, 9.17) is 4.98 Å². The van der Waals surface area contributed by atoms with Crippen LogP contribution in [0.3, 0.4) is 0 Å². The highest BCUT2D eigenvalue weighted by Crippen LogP contribution is 2.34. The summed E-state index contributed by atoms with van der Waals surface area (Å²) in [5.74, 6) is 1.10. The lowest BCUT2D eigenvalue weighted by atomic mass is 9.95. The molecule has 2 aromatic heterocycles. The molecule has 0 unspecified atom stereocenters. The van der Waals surface area contributed by atoms with Crippen LogP contribution >= 0.6 is 0 Å². The van der Waals surface area contributed by atoms with E-state index in [-0.39, 0.29) is 5.91 Å². The van der Waals surface area contributed by atoms with Gasteiger partial charge >= 0.3 is 0 Å². The van der Waals surface area contributed by atoms with E-state index >= 15 is 0 Å². The summed E-state index contributed by atoms with van der Waals surface area (Å²) < 4.78 is 0. The number of para-hydroxylation sites is 2. The molecule has 5 heteroatoms. The average molecular weight is 382 g/mol. The number of nitrogens with one attached hydrogen (secondary N) is 3. The number of aromatic amines is 1. The molecular formula is C24H22N4O. The zero-order valence-corrected chi connectivity index (χ0v) is 16.2. The number of benzene rings is 2. The summed E-state index contributed by atoms with van der Waals surface area (Å²) in [5, 5.41) is 7.41. The zero-order chi connectivity index (χ0) is 19.8. The van der Waals surface area contributed by atoms with Crippen LogP contribution in [0.15, 0.2) is 66.7 Å². The van der Waals surface area contributed by atoms with Gasteiger partial charge in [-0.2, -0.15) is 0 Å². The number of rotatable bonds is 4. The molecule has 1 amide bonds. The van der Waals surface area contributed by atoms with Crippen molar-refractivity contribution in [1.82, 2.24) is 15.3 Å². The molecule has 5 nitrogen and oxygen atoms in total. The summed E-state index contributed by atoms with van der Waals surface area (Å²) >= 11 is 0. The Morgan fingerprint density at radius 3 is 2.72 bits per heavy atom. The molecule has 4 aromatic rings. The lowest BCUT2D eigenvalue weighted by Gasteiger charge is -2.21. The molecule has 1 aliphatic rings. The molecule has 0 bridgehead atoms. The number of H-pyrrole nitrogens is 1. The minimum atomic E-state index is -0.00757. The zero-order valence-electron chi connectivity index (χ0n) is 16.2. The minimum Gasteiger partial charge on any atom is -0.357 e. The Morgan fingerprint density at radius 1 is 1.03 bits per heavy atom. The summed E-state index contributed by atoms with van der Waals surface area (Å²) in [6.45, 7) is 2.83. The van der Waals surface area contributed by atoms with Gasteiger partial charge in [-0.1, -0.05) is 43.3 Å². The maximum atomic E-state index is 12.4. The molecule has 0 fully saturated rings. The summed E-state index contributed by atoms with van der Waals surface area (Å²) in [6, 6.07) is 22.2. The third kappa shape index (κ3) is 3.14. The Morgan fingerprint density at radius 2 is 1.90 bits per heavy atom. The highest BCUT2D eigenvalue weighted by Gasteiger charge is 2.27. The molecule has 0 saturated carbocycles. The van der Waals surface area contributed by atoms with Gasteiger partial charge in [0, 0.05) is 40.5 Å². The summed E-state index contributed by atoms with van der Waals surface area (Å²) in [5.41, 5.74) is 5.60. The highest BCUT2D eigenvalue weighted by atomic mass is 16.1. The van der Waals surface area contributed by atoms with Crippen molar-refractivity contribution >= 4 is 28.3 Å². The van der Waals surface area contributed by atoms with Crippen molar-refractivity contribution in [2.75, 3.05) is 11.9 Å². The molecule has 0 saturated heterocycles. The van der Waals surface area contributed by atoms with E-state index in [1.54, 1.807) is 0 Å². The molecule has 5 rings (SSSR count). The number of aromatic nitrogens is 2. The first kappa shape index (κ1) is 17.5. The number of amides is 1. The van der Waals surface area contributed by atoms with Gasteiger partial charge in [-0.25, -0.2) is 4.98 Å². The molecule has 0 radical (unpaired) electrons. The monoisotopic (exact) mass is 382 g/mol. The molecule has 0 spiro atoms. The summed E-state index contributed by atoms with van der Waals surface area (Å²) in [7, 11) is 0. The number of hydrogen-bond donors (Lipinski definition) is 3. The molecular weight excluding hydrogens is 360 g/mol. The van der Waals surface area contributed by atoms with Crippen molar-refractivity contribution in [2.24, 2.45) is 0 Å². The predicted octanol–water partition coefficient (Wildman–Crippen LogP) is 5.21. The average Bonchev–Trinajstić information content (AvgIpc) is 3.20. The van der Waals surface area contributed by atoms with Gasteiger partial charge in [0.15, 0.2) is 0 Å². The maximum Gasteiger partial charge on any atom is 0.253 e. The largest absolute Gasteiger partial charge is 0.357 e. The van der Waals surface area contributed by atoms with E-state index < -0.39 is 0 Å². The van der Waals surface area contributed by atoms with Crippen molar-refractivity contribution in [3.8, 4) is 11.3 Å². The lowest BCUT2D eigenvalue weighted by Crippen LogP contribution is -2.34. The van der Waals surface area contributed by atoms with Crippen LogP contribution in [-0.2, 0) is 0 Å². The van der Waals surface area contributed by atoms with Crippen LogP contribution in [0.5, 0.6) is 0 Å². The van der Waals surface area contributed by atoms with Crippen molar-refractivity contribution in [1.29, 1.82) is 0 Å². The number of pyridine rings is 1. The molecule has 1 atom stereocenters. The molecule has 144 valence electrons. The fourth-order valence-electron chi connectivity index (χ4n) is 3.99. The number of hydrogen-bond acceptors (Lipinski definition) is 3. The van der Waals surface area contributed by atoms with E-state index in [0.717, 1.165) is 51.3 Å². The van der Waals surface area contributed by atoms with Crippen LogP contribution in [0.2, 0.25) is 0 Å². The highest BCUT2D eigenvalue weighted by molar-refractivity contribution is 6.00. The Kier molecular flexibility index (Phi) is 4.28. The van der Waals surface area contributed by atoms with Gasteiger partial charge in [0.25, 0.3) is 5.91 Å². The van der Waals surface area contributed by atoms with Crippen LogP contribution < -0.4 is 10.6 Å². The van der Waals surface area contributed by atoms with Crippen LogP contribution in [0.4, 0.5) is 11.5 Å². The fraction of sp³-hybridized carbons (Fsp3) is 0.167. The number of anilines is 2. The van der Waals surface area contributed by atoms with E-state index in [1.807, 2.05) is 48.5 Å². The topological polar surface area (TPSA) is 69.8 Å². The molecule has 29 heavy (non-hydrogen) atoms. The van der Waals surface area contributed by atoms with Gasteiger partial charge in [0.05, 0.1) is 11.1 Å². The minimum absolute atomic E-state index is 0.00757. The van der Waals surface area contributed by atoms with E-state index in [0.29, 0.717) is 12.5 Å². The number of carbonyl (C=O) groups is 1. The first-order chi connectivity index (χ1) is 14.2. The number of fused-ring (bicyclic) bond motifs is 2. The smallest absolute Gasteiger partial charge is 0.253 e. The Bertz CT molecular complexity index is 1200. The van der Waals surface area contributed by atoms with Crippen molar-refractivity contribution in [3.05, 3.63) is 78.0 Å². The quantitative estimate of drug-likeness (QED) is 0.454. The summed E-state index contributed by atoms with van der Waals surface area (Å²) in [4.78, 5) is 20.8. The third-order valence-electron chi connectivity index (χ3n) is 5.56. The predicted molar refractivity (Wildman–Crippen MR) is 117 cm³/mol. The number of nitrogens with zero attached hydrogens (tertiary/aromatic N) is 1. The normalized spacial score (nSPS) is 15.8. The fourth-order valence-corrected chi connectivity index (χ4v) is 3.99. The number of carbonyl (C=O) groups excluding carboxylic acids is 1.